The monoisotopic (exact) mass is 313 g/mol. The van der Waals surface area contributed by atoms with Gasteiger partial charge in [-0.3, -0.25) is 9.59 Å². The predicted molar refractivity (Wildman–Crippen MR) is 85.9 cm³/mol. The maximum Gasteiger partial charge on any atom is 0.304 e. The minimum atomic E-state index is -1.03. The second kappa shape index (κ2) is 7.98. The second-order valence-electron chi connectivity index (χ2n) is 5.32. The Morgan fingerprint density at radius 2 is 1.65 bits per heavy atom. The summed E-state index contributed by atoms with van der Waals surface area (Å²) in [5.41, 5.74) is 7.17. The van der Waals surface area contributed by atoms with Crippen LogP contribution in [0.3, 0.4) is 0 Å². The molecule has 5 heteroatoms. The smallest absolute Gasteiger partial charge is 0.304 e. The molecule has 2 aromatic rings. The third-order valence-corrected chi connectivity index (χ3v) is 3.48. The summed E-state index contributed by atoms with van der Waals surface area (Å²) in [6.45, 7) is 0.475. The Morgan fingerprint density at radius 3 is 2.22 bits per heavy atom. The molecule has 0 fully saturated rings. The number of carbonyl (C=O) groups excluding carboxylic acids is 1. The number of nitrogens with two attached hydrogens (primary N) is 1. The number of benzene rings is 2. The van der Waals surface area contributed by atoms with Crippen molar-refractivity contribution in [3.63, 3.8) is 0 Å². The summed E-state index contributed by atoms with van der Waals surface area (Å²) < 4.78 is 5.68. The van der Waals surface area contributed by atoms with E-state index in [4.69, 9.17) is 15.6 Å². The van der Waals surface area contributed by atoms with Crippen molar-refractivity contribution in [3.8, 4) is 5.75 Å². The van der Waals surface area contributed by atoms with Crippen molar-refractivity contribution in [2.24, 2.45) is 11.7 Å². The molecular formula is C18H19NO4. The summed E-state index contributed by atoms with van der Waals surface area (Å²) in [5, 5.41) is 8.81. The molecule has 2 rings (SSSR count). The van der Waals surface area contributed by atoms with E-state index in [9.17, 15) is 9.59 Å². The first-order valence-electron chi connectivity index (χ1n) is 7.31. The highest BCUT2D eigenvalue weighted by Gasteiger charge is 2.19. The largest absolute Gasteiger partial charge is 0.489 e. The minimum Gasteiger partial charge on any atom is -0.489 e. The third-order valence-electron chi connectivity index (χ3n) is 3.48. The first kappa shape index (κ1) is 16.5. The van der Waals surface area contributed by atoms with E-state index < -0.39 is 17.8 Å². The molecule has 1 atom stereocenters. The lowest BCUT2D eigenvalue weighted by molar-refractivity contribution is -0.140. The van der Waals surface area contributed by atoms with Gasteiger partial charge in [0.15, 0.2) is 0 Å². The Morgan fingerprint density at radius 1 is 1.00 bits per heavy atom. The average molecular weight is 313 g/mol. The Labute approximate surface area is 134 Å². The number of carboxylic acid groups (broad SMARTS) is 1. The van der Waals surface area contributed by atoms with Crippen LogP contribution in [0.5, 0.6) is 5.75 Å². The van der Waals surface area contributed by atoms with Crippen molar-refractivity contribution in [2.45, 2.75) is 19.4 Å². The molecule has 1 amide bonds. The molecule has 0 bridgehead atoms. The van der Waals surface area contributed by atoms with Crippen LogP contribution in [-0.2, 0) is 22.6 Å². The molecule has 0 aliphatic heterocycles. The van der Waals surface area contributed by atoms with Gasteiger partial charge in [0.25, 0.3) is 0 Å². The van der Waals surface area contributed by atoms with Crippen LogP contribution in [0.1, 0.15) is 17.5 Å². The lowest BCUT2D eigenvalue weighted by Gasteiger charge is -2.12. The van der Waals surface area contributed by atoms with Crippen LogP contribution < -0.4 is 10.5 Å². The van der Waals surface area contributed by atoms with Crippen LogP contribution in [0, 0.1) is 5.92 Å². The molecule has 0 aliphatic rings. The molecule has 0 saturated heterocycles. The zero-order chi connectivity index (χ0) is 16.7. The standard InChI is InChI=1S/C18H19NO4/c19-18(22)15(11-17(20)21)10-13-6-8-16(9-7-13)23-12-14-4-2-1-3-5-14/h1-9,15H,10-12H2,(H2,19,22)(H,20,21)/t15-/m1/s1. The van der Waals surface area contributed by atoms with E-state index in [1.165, 1.54) is 0 Å². The first-order valence-corrected chi connectivity index (χ1v) is 7.31. The van der Waals surface area contributed by atoms with Crippen molar-refractivity contribution in [3.05, 3.63) is 65.7 Å². The molecule has 3 N–H and O–H groups in total. The van der Waals surface area contributed by atoms with Gasteiger partial charge in [0.2, 0.25) is 5.91 Å². The molecule has 23 heavy (non-hydrogen) atoms. The van der Waals surface area contributed by atoms with Gasteiger partial charge in [-0.15, -0.1) is 0 Å². The number of carbonyl (C=O) groups is 2. The highest BCUT2D eigenvalue weighted by Crippen LogP contribution is 2.18. The van der Waals surface area contributed by atoms with Gasteiger partial charge >= 0.3 is 5.97 Å². The van der Waals surface area contributed by atoms with Gasteiger partial charge in [0.05, 0.1) is 12.3 Å². The lowest BCUT2D eigenvalue weighted by atomic mass is 9.95. The van der Waals surface area contributed by atoms with Gasteiger partial charge < -0.3 is 15.6 Å². The van der Waals surface area contributed by atoms with Crippen LogP contribution in [0.4, 0.5) is 0 Å². The topological polar surface area (TPSA) is 89.6 Å². The van der Waals surface area contributed by atoms with E-state index in [1.54, 1.807) is 12.1 Å². The summed E-state index contributed by atoms with van der Waals surface area (Å²) in [5.74, 6) is -1.62. The van der Waals surface area contributed by atoms with Crippen LogP contribution in [0.25, 0.3) is 0 Å². The number of ether oxygens (including phenoxy) is 1. The molecule has 2 aromatic carbocycles. The molecular weight excluding hydrogens is 294 g/mol. The van der Waals surface area contributed by atoms with Gasteiger partial charge in [-0.25, -0.2) is 0 Å². The quantitative estimate of drug-likeness (QED) is 0.783. The van der Waals surface area contributed by atoms with Gasteiger partial charge in [0, 0.05) is 0 Å². The molecule has 0 radical (unpaired) electrons. The molecule has 0 saturated carbocycles. The van der Waals surface area contributed by atoms with Crippen LogP contribution in [-0.4, -0.2) is 17.0 Å². The van der Waals surface area contributed by atoms with Crippen LogP contribution in [0.2, 0.25) is 0 Å². The number of rotatable bonds is 8. The normalized spacial score (nSPS) is 11.7. The predicted octanol–water partition coefficient (Wildman–Crippen LogP) is 2.38. The summed E-state index contributed by atoms with van der Waals surface area (Å²) in [6, 6.07) is 17.1. The number of aliphatic carboxylic acids is 1. The summed E-state index contributed by atoms with van der Waals surface area (Å²) in [6.07, 6.45) is 0.0438. The number of carboxylic acids is 1. The van der Waals surface area contributed by atoms with Crippen molar-refractivity contribution < 1.29 is 19.4 Å². The van der Waals surface area contributed by atoms with Crippen molar-refractivity contribution in [1.29, 1.82) is 0 Å². The Hall–Kier alpha value is -2.82. The number of hydrogen-bond donors (Lipinski definition) is 2. The van der Waals surface area contributed by atoms with E-state index >= 15 is 0 Å². The average Bonchev–Trinajstić information content (AvgIpc) is 2.54. The highest BCUT2D eigenvalue weighted by molar-refractivity contribution is 5.82. The fourth-order valence-corrected chi connectivity index (χ4v) is 2.23. The van der Waals surface area contributed by atoms with Crippen LogP contribution >= 0.6 is 0 Å². The molecule has 120 valence electrons. The van der Waals surface area contributed by atoms with E-state index in [0.29, 0.717) is 18.8 Å². The third kappa shape index (κ3) is 5.47. The molecule has 0 spiro atoms. The molecule has 0 aliphatic carbocycles. The first-order chi connectivity index (χ1) is 11.0. The van der Waals surface area contributed by atoms with Crippen molar-refractivity contribution in [1.82, 2.24) is 0 Å². The Bertz CT molecular complexity index is 652. The number of hydrogen-bond acceptors (Lipinski definition) is 3. The Balaban J connectivity index is 1.93. The maximum atomic E-state index is 11.3. The van der Waals surface area contributed by atoms with Gasteiger partial charge in [0.1, 0.15) is 12.4 Å². The second-order valence-corrected chi connectivity index (χ2v) is 5.32. The van der Waals surface area contributed by atoms with Gasteiger partial charge in [-0.05, 0) is 29.7 Å². The maximum absolute atomic E-state index is 11.3. The van der Waals surface area contributed by atoms with E-state index in [0.717, 1.165) is 11.1 Å². The number of primary amides is 1. The van der Waals surface area contributed by atoms with E-state index in [1.807, 2.05) is 42.5 Å². The zero-order valence-corrected chi connectivity index (χ0v) is 12.6. The fraction of sp³-hybridized carbons (Fsp3) is 0.222. The van der Waals surface area contributed by atoms with Crippen LogP contribution in [0.15, 0.2) is 54.6 Å². The Kier molecular flexibility index (Phi) is 5.74. The SMILES string of the molecule is NC(=O)[C@@H](CC(=O)O)Cc1ccc(OCc2ccccc2)cc1. The fourth-order valence-electron chi connectivity index (χ4n) is 2.23. The summed E-state index contributed by atoms with van der Waals surface area (Å²) in [7, 11) is 0. The molecule has 0 heterocycles. The molecule has 0 aromatic heterocycles. The van der Waals surface area contributed by atoms with Crippen molar-refractivity contribution in [2.75, 3.05) is 0 Å². The summed E-state index contributed by atoms with van der Waals surface area (Å²) >= 11 is 0. The number of amides is 1. The van der Waals surface area contributed by atoms with Crippen molar-refractivity contribution >= 4 is 11.9 Å². The lowest BCUT2D eigenvalue weighted by Crippen LogP contribution is -2.27. The van der Waals surface area contributed by atoms with Gasteiger partial charge in [-0.2, -0.15) is 0 Å². The minimum absolute atomic E-state index is 0.262. The summed E-state index contributed by atoms with van der Waals surface area (Å²) in [4.78, 5) is 22.1. The molecule has 5 nitrogen and oxygen atoms in total. The molecule has 0 unspecified atom stereocenters. The van der Waals surface area contributed by atoms with E-state index in [2.05, 4.69) is 0 Å². The zero-order valence-electron chi connectivity index (χ0n) is 12.6. The van der Waals surface area contributed by atoms with Gasteiger partial charge in [-0.1, -0.05) is 42.5 Å². The van der Waals surface area contributed by atoms with E-state index in [-0.39, 0.29) is 6.42 Å². The highest BCUT2D eigenvalue weighted by atomic mass is 16.5.